The number of esters is 1. The first-order valence-corrected chi connectivity index (χ1v) is 8.79. The van der Waals surface area contributed by atoms with E-state index < -0.39 is 0 Å². The first-order valence-electron chi connectivity index (χ1n) is 8.79. The third-order valence-electron chi connectivity index (χ3n) is 4.59. The Morgan fingerprint density at radius 2 is 2.08 bits per heavy atom. The number of ether oxygens (including phenoxy) is 1. The van der Waals surface area contributed by atoms with E-state index in [1.165, 1.54) is 43.9 Å². The highest BCUT2D eigenvalue weighted by atomic mass is 16.5. The lowest BCUT2D eigenvalue weighted by molar-refractivity contribution is -0.131. The fourth-order valence-corrected chi connectivity index (χ4v) is 3.30. The molecule has 2 aromatic rings. The molecule has 0 saturated heterocycles. The first kappa shape index (κ1) is 16.6. The van der Waals surface area contributed by atoms with Crippen LogP contribution in [0.2, 0.25) is 0 Å². The van der Waals surface area contributed by atoms with Crippen LogP contribution in [-0.4, -0.2) is 15.9 Å². The van der Waals surface area contributed by atoms with Gasteiger partial charge in [-0.2, -0.15) is 0 Å². The molecule has 1 aromatic carbocycles. The Hall–Kier alpha value is -2.23. The molecular weight excluding hydrogens is 300 g/mol. The van der Waals surface area contributed by atoms with Crippen LogP contribution in [-0.2, 0) is 17.6 Å². The topological polar surface area (TPSA) is 52.1 Å². The predicted molar refractivity (Wildman–Crippen MR) is 93.8 cm³/mol. The van der Waals surface area contributed by atoms with Crippen molar-refractivity contribution in [1.29, 1.82) is 0 Å². The molecule has 0 aliphatic heterocycles. The molecule has 0 radical (unpaired) electrons. The molecule has 4 heteroatoms. The zero-order valence-electron chi connectivity index (χ0n) is 14.4. The molecule has 24 heavy (non-hydrogen) atoms. The Labute approximate surface area is 143 Å². The van der Waals surface area contributed by atoms with E-state index in [4.69, 9.17) is 9.72 Å². The number of hydrogen-bond acceptors (Lipinski definition) is 4. The number of benzene rings is 1. The van der Waals surface area contributed by atoms with Crippen molar-refractivity contribution in [3.05, 3.63) is 41.7 Å². The Balaban J connectivity index is 1.73. The van der Waals surface area contributed by atoms with E-state index in [0.717, 1.165) is 30.1 Å². The van der Waals surface area contributed by atoms with E-state index in [-0.39, 0.29) is 5.97 Å². The third-order valence-corrected chi connectivity index (χ3v) is 4.59. The number of fused-ring (bicyclic) bond motifs is 1. The average Bonchev–Trinajstić information content (AvgIpc) is 2.59. The molecule has 4 nitrogen and oxygen atoms in total. The van der Waals surface area contributed by atoms with Gasteiger partial charge in [-0.25, -0.2) is 9.97 Å². The Morgan fingerprint density at radius 1 is 1.29 bits per heavy atom. The van der Waals surface area contributed by atoms with E-state index in [1.807, 2.05) is 18.3 Å². The van der Waals surface area contributed by atoms with Crippen LogP contribution < -0.4 is 4.74 Å². The maximum atomic E-state index is 11.0. The van der Waals surface area contributed by atoms with Crippen molar-refractivity contribution >= 4 is 5.97 Å². The molecule has 0 bridgehead atoms. The number of unbranched alkanes of at least 4 members (excludes halogenated alkanes) is 1. The summed E-state index contributed by atoms with van der Waals surface area (Å²) in [5.41, 5.74) is 3.45. The standard InChI is InChI=1S/C20H24N2O2/c1-3-4-5-15-6-11-19-17(12-15)13-21-20(22-19)16-7-9-18(10-8-16)24-14(2)23/h7-10,13,15H,3-6,11-12H2,1-2H3. The third kappa shape index (κ3) is 3.99. The highest BCUT2D eigenvalue weighted by molar-refractivity contribution is 5.69. The van der Waals surface area contributed by atoms with E-state index in [1.54, 1.807) is 12.1 Å². The van der Waals surface area contributed by atoms with Gasteiger partial charge in [-0.3, -0.25) is 4.79 Å². The van der Waals surface area contributed by atoms with Gasteiger partial charge in [0.15, 0.2) is 5.82 Å². The van der Waals surface area contributed by atoms with Gasteiger partial charge in [0.25, 0.3) is 0 Å². The van der Waals surface area contributed by atoms with Gasteiger partial charge < -0.3 is 4.74 Å². The number of rotatable bonds is 5. The van der Waals surface area contributed by atoms with Gasteiger partial charge in [-0.15, -0.1) is 0 Å². The summed E-state index contributed by atoms with van der Waals surface area (Å²) >= 11 is 0. The molecule has 0 amide bonds. The summed E-state index contributed by atoms with van der Waals surface area (Å²) < 4.78 is 5.06. The van der Waals surface area contributed by atoms with Gasteiger partial charge in [0.05, 0.1) is 0 Å². The molecule has 1 aliphatic carbocycles. The number of carbonyl (C=O) groups excluding carboxylic acids is 1. The van der Waals surface area contributed by atoms with Crippen molar-refractivity contribution in [1.82, 2.24) is 9.97 Å². The second kappa shape index (κ2) is 7.56. The van der Waals surface area contributed by atoms with Crippen molar-refractivity contribution in [3.63, 3.8) is 0 Å². The smallest absolute Gasteiger partial charge is 0.308 e. The fourth-order valence-electron chi connectivity index (χ4n) is 3.30. The second-order valence-electron chi connectivity index (χ2n) is 6.53. The first-order chi connectivity index (χ1) is 11.7. The lowest BCUT2D eigenvalue weighted by Gasteiger charge is -2.23. The van der Waals surface area contributed by atoms with Crippen LogP contribution >= 0.6 is 0 Å². The Kier molecular flexibility index (Phi) is 5.24. The molecule has 0 N–H and O–H groups in total. The van der Waals surface area contributed by atoms with Crippen molar-refractivity contribution in [3.8, 4) is 17.1 Å². The quantitative estimate of drug-likeness (QED) is 0.605. The molecule has 126 valence electrons. The van der Waals surface area contributed by atoms with E-state index in [0.29, 0.717) is 5.75 Å². The molecule has 3 rings (SSSR count). The van der Waals surface area contributed by atoms with Crippen molar-refractivity contribution in [2.24, 2.45) is 5.92 Å². The SMILES string of the molecule is CCCCC1CCc2nc(-c3ccc(OC(C)=O)cc3)ncc2C1. The molecule has 0 saturated carbocycles. The van der Waals surface area contributed by atoms with Crippen molar-refractivity contribution < 1.29 is 9.53 Å². The van der Waals surface area contributed by atoms with Crippen LogP contribution in [0.25, 0.3) is 11.4 Å². The highest BCUT2D eigenvalue weighted by Gasteiger charge is 2.20. The van der Waals surface area contributed by atoms with Gasteiger partial charge >= 0.3 is 5.97 Å². The number of aryl methyl sites for hydroxylation is 1. The summed E-state index contributed by atoms with van der Waals surface area (Å²) in [5.74, 6) is 1.76. The summed E-state index contributed by atoms with van der Waals surface area (Å²) in [6, 6.07) is 7.35. The van der Waals surface area contributed by atoms with Crippen LogP contribution in [0, 0.1) is 5.92 Å². The molecular formula is C20H24N2O2. The monoisotopic (exact) mass is 324 g/mol. The number of carbonyl (C=O) groups is 1. The lowest BCUT2D eigenvalue weighted by Crippen LogP contribution is -2.16. The van der Waals surface area contributed by atoms with E-state index in [2.05, 4.69) is 11.9 Å². The summed E-state index contributed by atoms with van der Waals surface area (Å²) in [7, 11) is 0. The maximum Gasteiger partial charge on any atom is 0.308 e. The van der Waals surface area contributed by atoms with Gasteiger partial charge in [0.1, 0.15) is 5.75 Å². The van der Waals surface area contributed by atoms with Crippen LogP contribution in [0.3, 0.4) is 0 Å². The molecule has 0 fully saturated rings. The van der Waals surface area contributed by atoms with Crippen LogP contribution in [0.15, 0.2) is 30.5 Å². The predicted octanol–water partition coefficient (Wildman–Crippen LogP) is 4.36. The van der Waals surface area contributed by atoms with Gasteiger partial charge in [-0.1, -0.05) is 26.2 Å². The Bertz CT molecular complexity index is 710. The summed E-state index contributed by atoms with van der Waals surface area (Å²) in [6.07, 6.45) is 9.28. The molecule has 1 atom stereocenters. The summed E-state index contributed by atoms with van der Waals surface area (Å²) in [5, 5.41) is 0. The maximum absolute atomic E-state index is 11.0. The summed E-state index contributed by atoms with van der Waals surface area (Å²) in [4.78, 5) is 20.3. The minimum atomic E-state index is -0.314. The minimum Gasteiger partial charge on any atom is -0.427 e. The fraction of sp³-hybridized carbons (Fsp3) is 0.450. The number of hydrogen-bond donors (Lipinski definition) is 0. The lowest BCUT2D eigenvalue weighted by atomic mass is 9.84. The molecule has 1 aliphatic rings. The normalized spacial score (nSPS) is 16.5. The van der Waals surface area contributed by atoms with Gasteiger partial charge in [0.2, 0.25) is 0 Å². The Morgan fingerprint density at radius 3 is 2.79 bits per heavy atom. The summed E-state index contributed by atoms with van der Waals surface area (Å²) in [6.45, 7) is 3.65. The molecule has 1 unspecified atom stereocenters. The molecule has 1 heterocycles. The van der Waals surface area contributed by atoms with Gasteiger partial charge in [0, 0.05) is 24.4 Å². The number of aromatic nitrogens is 2. The van der Waals surface area contributed by atoms with Crippen molar-refractivity contribution in [2.45, 2.75) is 52.4 Å². The van der Waals surface area contributed by atoms with Gasteiger partial charge in [-0.05, 0) is 55.0 Å². The van der Waals surface area contributed by atoms with Crippen LogP contribution in [0.5, 0.6) is 5.75 Å². The second-order valence-corrected chi connectivity index (χ2v) is 6.53. The number of nitrogens with zero attached hydrogens (tertiary/aromatic N) is 2. The van der Waals surface area contributed by atoms with Crippen molar-refractivity contribution in [2.75, 3.05) is 0 Å². The minimum absolute atomic E-state index is 0.314. The zero-order chi connectivity index (χ0) is 16.9. The van der Waals surface area contributed by atoms with Crippen LogP contribution in [0.4, 0.5) is 0 Å². The average molecular weight is 324 g/mol. The van der Waals surface area contributed by atoms with E-state index >= 15 is 0 Å². The molecule has 1 aromatic heterocycles. The highest BCUT2D eigenvalue weighted by Crippen LogP contribution is 2.29. The zero-order valence-corrected chi connectivity index (χ0v) is 14.4. The van der Waals surface area contributed by atoms with Crippen LogP contribution in [0.1, 0.15) is 50.8 Å². The molecule has 0 spiro atoms. The van der Waals surface area contributed by atoms with E-state index in [9.17, 15) is 4.79 Å². The largest absolute Gasteiger partial charge is 0.427 e.